The molecule has 0 spiro atoms. The van der Waals surface area contributed by atoms with Gasteiger partial charge in [-0.05, 0) is 43.9 Å². The third-order valence-corrected chi connectivity index (χ3v) is 3.26. The maximum atomic E-state index is 5.66. The lowest BCUT2D eigenvalue weighted by atomic mass is 10.1. The standard InChI is InChI=1S/C18H31N3O2.HI/c1-4-13-23-17-9-6-8-16(15-17)10-12-21-18(19-3)20-11-7-14-22-5-2;/h6,8-9,15H,4-5,7,10-14H2,1-3H3,(H2,19,20,21);1H. The van der Waals surface area contributed by atoms with Gasteiger partial charge in [0.15, 0.2) is 5.96 Å². The number of rotatable bonds is 11. The lowest BCUT2D eigenvalue weighted by Gasteiger charge is -2.12. The normalized spacial score (nSPS) is 10.9. The van der Waals surface area contributed by atoms with E-state index < -0.39 is 0 Å². The van der Waals surface area contributed by atoms with Crippen molar-refractivity contribution in [2.24, 2.45) is 4.99 Å². The first-order valence-corrected chi connectivity index (χ1v) is 8.54. The highest BCUT2D eigenvalue weighted by molar-refractivity contribution is 14.0. The minimum Gasteiger partial charge on any atom is -0.494 e. The Labute approximate surface area is 163 Å². The van der Waals surface area contributed by atoms with Gasteiger partial charge in [-0.3, -0.25) is 4.99 Å². The number of nitrogens with zero attached hydrogens (tertiary/aromatic N) is 1. The van der Waals surface area contributed by atoms with Crippen molar-refractivity contribution in [2.75, 3.05) is 40.0 Å². The summed E-state index contributed by atoms with van der Waals surface area (Å²) in [4.78, 5) is 4.22. The van der Waals surface area contributed by atoms with Crippen LogP contribution >= 0.6 is 24.0 Å². The molecule has 0 aliphatic rings. The quantitative estimate of drug-likeness (QED) is 0.236. The summed E-state index contributed by atoms with van der Waals surface area (Å²) < 4.78 is 11.0. The average Bonchev–Trinajstić information content (AvgIpc) is 2.58. The predicted molar refractivity (Wildman–Crippen MR) is 112 cm³/mol. The van der Waals surface area contributed by atoms with Crippen molar-refractivity contribution in [2.45, 2.75) is 33.1 Å². The molecule has 138 valence electrons. The third-order valence-electron chi connectivity index (χ3n) is 3.26. The molecule has 0 fully saturated rings. The zero-order chi connectivity index (χ0) is 16.8. The first-order chi connectivity index (χ1) is 11.3. The Morgan fingerprint density at radius 3 is 2.62 bits per heavy atom. The molecule has 2 N–H and O–H groups in total. The highest BCUT2D eigenvalue weighted by Gasteiger charge is 2.00. The van der Waals surface area contributed by atoms with Crippen LogP contribution in [0.1, 0.15) is 32.3 Å². The van der Waals surface area contributed by atoms with Crippen LogP contribution in [0.15, 0.2) is 29.3 Å². The Kier molecular flexibility index (Phi) is 14.8. The molecule has 0 radical (unpaired) electrons. The summed E-state index contributed by atoms with van der Waals surface area (Å²) in [6.07, 6.45) is 2.94. The monoisotopic (exact) mass is 449 g/mol. The zero-order valence-electron chi connectivity index (χ0n) is 15.1. The molecule has 0 saturated heterocycles. The predicted octanol–water partition coefficient (Wildman–Crippen LogP) is 3.23. The summed E-state index contributed by atoms with van der Waals surface area (Å²) in [5.41, 5.74) is 1.26. The van der Waals surface area contributed by atoms with E-state index in [0.717, 1.165) is 63.9 Å². The maximum Gasteiger partial charge on any atom is 0.190 e. The molecule has 0 unspecified atom stereocenters. The molecule has 0 amide bonds. The third kappa shape index (κ3) is 10.7. The van der Waals surface area contributed by atoms with Crippen LogP contribution in [0.2, 0.25) is 0 Å². The first kappa shape index (κ1) is 23.0. The Bertz CT molecular complexity index is 456. The van der Waals surface area contributed by atoms with E-state index >= 15 is 0 Å². The number of benzene rings is 1. The summed E-state index contributed by atoms with van der Waals surface area (Å²) in [5, 5.41) is 6.62. The Morgan fingerprint density at radius 1 is 1.12 bits per heavy atom. The fraction of sp³-hybridized carbons (Fsp3) is 0.611. The number of aliphatic imine (C=N–C) groups is 1. The molecular weight excluding hydrogens is 417 g/mol. The van der Waals surface area contributed by atoms with E-state index in [2.05, 4.69) is 34.7 Å². The molecular formula is C18H32IN3O2. The summed E-state index contributed by atoms with van der Waals surface area (Å²) >= 11 is 0. The van der Waals surface area contributed by atoms with Gasteiger partial charge in [0.1, 0.15) is 5.75 Å². The first-order valence-electron chi connectivity index (χ1n) is 8.54. The van der Waals surface area contributed by atoms with Gasteiger partial charge in [-0.15, -0.1) is 24.0 Å². The molecule has 0 saturated carbocycles. The second-order valence-electron chi connectivity index (χ2n) is 5.22. The van der Waals surface area contributed by atoms with E-state index in [1.807, 2.05) is 19.1 Å². The molecule has 6 heteroatoms. The molecule has 0 bridgehead atoms. The van der Waals surface area contributed by atoms with Gasteiger partial charge >= 0.3 is 0 Å². The van der Waals surface area contributed by atoms with E-state index in [4.69, 9.17) is 9.47 Å². The zero-order valence-corrected chi connectivity index (χ0v) is 17.5. The summed E-state index contributed by atoms with van der Waals surface area (Å²) in [5.74, 6) is 1.78. The number of nitrogens with one attached hydrogen (secondary N) is 2. The fourth-order valence-corrected chi connectivity index (χ4v) is 2.08. The van der Waals surface area contributed by atoms with E-state index in [1.165, 1.54) is 5.56 Å². The minimum absolute atomic E-state index is 0. The topological polar surface area (TPSA) is 54.9 Å². The highest BCUT2D eigenvalue weighted by atomic mass is 127. The molecule has 0 aromatic heterocycles. The summed E-state index contributed by atoms with van der Waals surface area (Å²) in [6.45, 7) is 8.14. The van der Waals surface area contributed by atoms with Gasteiger partial charge in [0.05, 0.1) is 6.61 Å². The molecule has 0 aliphatic heterocycles. The van der Waals surface area contributed by atoms with Crippen LogP contribution in [0.4, 0.5) is 0 Å². The van der Waals surface area contributed by atoms with Gasteiger partial charge in [-0.1, -0.05) is 19.1 Å². The van der Waals surface area contributed by atoms with Crippen LogP contribution in [0.25, 0.3) is 0 Å². The molecule has 1 aromatic rings. The number of hydrogen-bond donors (Lipinski definition) is 2. The van der Waals surface area contributed by atoms with Crippen molar-refractivity contribution < 1.29 is 9.47 Å². The second-order valence-corrected chi connectivity index (χ2v) is 5.22. The number of ether oxygens (including phenoxy) is 2. The molecule has 0 atom stereocenters. The van der Waals surface area contributed by atoms with E-state index in [0.29, 0.717) is 0 Å². The van der Waals surface area contributed by atoms with Crippen LogP contribution in [-0.2, 0) is 11.2 Å². The number of halogens is 1. The van der Waals surface area contributed by atoms with Crippen molar-refractivity contribution in [3.63, 3.8) is 0 Å². The van der Waals surface area contributed by atoms with E-state index in [9.17, 15) is 0 Å². The van der Waals surface area contributed by atoms with Gasteiger partial charge in [-0.25, -0.2) is 0 Å². The van der Waals surface area contributed by atoms with Gasteiger partial charge < -0.3 is 20.1 Å². The Balaban J connectivity index is 0.00000529. The molecule has 0 aliphatic carbocycles. The molecule has 1 rings (SSSR count). The smallest absolute Gasteiger partial charge is 0.190 e. The summed E-state index contributed by atoms with van der Waals surface area (Å²) in [7, 11) is 1.79. The van der Waals surface area contributed by atoms with Crippen LogP contribution in [0.5, 0.6) is 5.75 Å². The molecule has 1 aromatic carbocycles. The highest BCUT2D eigenvalue weighted by Crippen LogP contribution is 2.13. The van der Waals surface area contributed by atoms with E-state index in [-0.39, 0.29) is 24.0 Å². The number of guanidine groups is 1. The lowest BCUT2D eigenvalue weighted by Crippen LogP contribution is -2.39. The molecule has 24 heavy (non-hydrogen) atoms. The van der Waals surface area contributed by atoms with Crippen molar-refractivity contribution in [3.05, 3.63) is 29.8 Å². The molecule has 0 heterocycles. The Morgan fingerprint density at radius 2 is 1.92 bits per heavy atom. The van der Waals surface area contributed by atoms with Crippen LogP contribution in [0.3, 0.4) is 0 Å². The number of hydrogen-bond acceptors (Lipinski definition) is 3. The Hall–Kier alpha value is -1.02. The van der Waals surface area contributed by atoms with Crippen molar-refractivity contribution in [1.82, 2.24) is 10.6 Å². The van der Waals surface area contributed by atoms with Gasteiger partial charge in [-0.2, -0.15) is 0 Å². The lowest BCUT2D eigenvalue weighted by molar-refractivity contribution is 0.145. The maximum absolute atomic E-state index is 5.66. The van der Waals surface area contributed by atoms with E-state index in [1.54, 1.807) is 7.05 Å². The fourth-order valence-electron chi connectivity index (χ4n) is 2.08. The second kappa shape index (κ2) is 15.5. The van der Waals surface area contributed by atoms with Crippen molar-refractivity contribution >= 4 is 29.9 Å². The van der Waals surface area contributed by atoms with Gasteiger partial charge in [0.2, 0.25) is 0 Å². The van der Waals surface area contributed by atoms with Gasteiger partial charge in [0, 0.05) is 33.4 Å². The van der Waals surface area contributed by atoms with Crippen molar-refractivity contribution in [1.29, 1.82) is 0 Å². The largest absolute Gasteiger partial charge is 0.494 e. The van der Waals surface area contributed by atoms with Crippen molar-refractivity contribution in [3.8, 4) is 5.75 Å². The van der Waals surface area contributed by atoms with Crippen LogP contribution in [0, 0.1) is 0 Å². The van der Waals surface area contributed by atoms with Crippen LogP contribution in [-0.4, -0.2) is 45.9 Å². The minimum atomic E-state index is 0. The summed E-state index contributed by atoms with van der Waals surface area (Å²) in [6, 6.07) is 8.28. The van der Waals surface area contributed by atoms with Gasteiger partial charge in [0.25, 0.3) is 0 Å². The average molecular weight is 449 g/mol. The SMILES string of the molecule is CCCOc1cccc(CCNC(=NC)NCCCOCC)c1.I. The van der Waals surface area contributed by atoms with Crippen LogP contribution < -0.4 is 15.4 Å². The molecule has 5 nitrogen and oxygen atoms in total.